The number of rotatable bonds is 1. The summed E-state index contributed by atoms with van der Waals surface area (Å²) in [6, 6.07) is 7.93. The summed E-state index contributed by atoms with van der Waals surface area (Å²) in [6.07, 6.45) is 11.3. The third-order valence-corrected chi connectivity index (χ3v) is 5.08. The highest BCUT2D eigenvalue weighted by Gasteiger charge is 2.46. The maximum absolute atomic E-state index is 12.6. The van der Waals surface area contributed by atoms with Crippen LogP contribution in [0.4, 0.5) is 6.01 Å². The van der Waals surface area contributed by atoms with Crippen LogP contribution in [0.5, 0.6) is 0 Å². The lowest BCUT2D eigenvalue weighted by Crippen LogP contribution is -2.49. The van der Waals surface area contributed by atoms with E-state index in [1.54, 1.807) is 0 Å². The molecule has 130 valence electrons. The highest BCUT2D eigenvalue weighted by atomic mass is 16.4. The van der Waals surface area contributed by atoms with Gasteiger partial charge in [-0.15, -0.1) is 0 Å². The number of benzene rings is 1. The van der Waals surface area contributed by atoms with Crippen LogP contribution in [0, 0.1) is 5.92 Å². The monoisotopic (exact) mass is 346 g/mol. The minimum atomic E-state index is -0.679. The van der Waals surface area contributed by atoms with Crippen molar-refractivity contribution in [3.8, 4) is 0 Å². The predicted octanol–water partition coefficient (Wildman–Crippen LogP) is 3.67. The van der Waals surface area contributed by atoms with E-state index in [9.17, 15) is 4.79 Å². The van der Waals surface area contributed by atoms with Crippen LogP contribution in [0.2, 0.25) is 0 Å². The average molecular weight is 346 g/mol. The normalized spacial score (nSPS) is 23.7. The Morgan fingerprint density at radius 3 is 2.85 bits per heavy atom. The first kappa shape index (κ1) is 15.3. The van der Waals surface area contributed by atoms with Crippen LogP contribution in [0.25, 0.3) is 11.1 Å². The molecule has 1 spiro atoms. The molecule has 1 atom stereocenters. The number of oxazole rings is 1. The lowest BCUT2D eigenvalue weighted by atomic mass is 9.70. The van der Waals surface area contributed by atoms with Gasteiger partial charge in [-0.05, 0) is 31.4 Å². The molecule has 1 aromatic carbocycles. The van der Waals surface area contributed by atoms with Crippen molar-refractivity contribution in [1.82, 2.24) is 4.98 Å². The molecule has 6 nitrogen and oxygen atoms in total. The maximum atomic E-state index is 12.6. The van der Waals surface area contributed by atoms with E-state index >= 15 is 0 Å². The van der Waals surface area contributed by atoms with Gasteiger partial charge in [0.2, 0.25) is 5.96 Å². The zero-order valence-electron chi connectivity index (χ0n) is 14.2. The Balaban J connectivity index is 1.55. The molecule has 5 rings (SSSR count). The van der Waals surface area contributed by atoms with Gasteiger partial charge < -0.3 is 4.42 Å². The number of carbonyl (C=O) groups is 1. The van der Waals surface area contributed by atoms with Crippen molar-refractivity contribution in [2.75, 3.05) is 5.32 Å². The molecule has 0 saturated heterocycles. The minimum Gasteiger partial charge on any atom is -0.423 e. The van der Waals surface area contributed by atoms with Crippen LogP contribution in [0.15, 0.2) is 63.0 Å². The van der Waals surface area contributed by atoms with E-state index in [0.29, 0.717) is 24.0 Å². The number of aromatic nitrogens is 1. The third-order valence-electron chi connectivity index (χ3n) is 5.08. The Kier molecular flexibility index (Phi) is 3.38. The molecule has 26 heavy (non-hydrogen) atoms. The summed E-state index contributed by atoms with van der Waals surface area (Å²) < 4.78 is 5.73. The van der Waals surface area contributed by atoms with Crippen LogP contribution in [-0.2, 0) is 4.79 Å². The third kappa shape index (κ3) is 2.41. The average Bonchev–Trinajstić information content (AvgIpc) is 3.04. The van der Waals surface area contributed by atoms with E-state index < -0.39 is 5.54 Å². The zero-order valence-corrected chi connectivity index (χ0v) is 14.2. The van der Waals surface area contributed by atoms with Crippen LogP contribution in [0.3, 0.4) is 0 Å². The summed E-state index contributed by atoms with van der Waals surface area (Å²) >= 11 is 0. The molecule has 2 aliphatic carbocycles. The topological polar surface area (TPSA) is 79.9 Å². The number of para-hydroxylation sites is 2. The van der Waals surface area contributed by atoms with Crippen molar-refractivity contribution >= 4 is 34.6 Å². The maximum Gasteiger partial charge on any atom is 0.302 e. The number of aliphatic imine (C=N–C) groups is 2. The number of Topliss-reactive ketones (excluding diaryl/α,β-unsaturated/α-hetero) is 1. The van der Waals surface area contributed by atoms with Crippen molar-refractivity contribution in [1.29, 1.82) is 0 Å². The fourth-order valence-corrected chi connectivity index (χ4v) is 3.96. The first-order valence-corrected chi connectivity index (χ1v) is 8.92. The summed E-state index contributed by atoms with van der Waals surface area (Å²) in [4.78, 5) is 26.5. The number of guanidine groups is 1. The molecule has 0 bridgehead atoms. The fourth-order valence-electron chi connectivity index (χ4n) is 3.96. The van der Waals surface area contributed by atoms with Crippen molar-refractivity contribution in [3.05, 3.63) is 48.6 Å². The molecule has 6 heteroatoms. The van der Waals surface area contributed by atoms with Gasteiger partial charge in [-0.2, -0.15) is 4.98 Å². The second-order valence-corrected chi connectivity index (χ2v) is 6.83. The number of allylic oxidation sites excluding steroid dienone is 2. The van der Waals surface area contributed by atoms with Crippen molar-refractivity contribution in [2.24, 2.45) is 15.9 Å². The standard InChI is InChI=1S/C20H18N4O2/c25-15-9-6-8-14-17(15)20(11-4-1-5-12-20)24-18(21-14)23-19-22-13-7-2-3-10-16(13)26-19/h2-5,7,10-12,17H,1,6,8-9H2,(H,22,23,24)/t17-/m1/s1. The fraction of sp³-hybridized carbons (Fsp3) is 0.300. The van der Waals surface area contributed by atoms with Gasteiger partial charge in [0, 0.05) is 12.1 Å². The van der Waals surface area contributed by atoms with Crippen LogP contribution >= 0.6 is 0 Å². The van der Waals surface area contributed by atoms with E-state index in [4.69, 9.17) is 9.41 Å². The van der Waals surface area contributed by atoms with E-state index in [2.05, 4.69) is 27.4 Å². The number of anilines is 1. The quantitative estimate of drug-likeness (QED) is 0.799. The molecule has 0 radical (unpaired) electrons. The van der Waals surface area contributed by atoms with Crippen LogP contribution in [0.1, 0.15) is 25.7 Å². The summed E-state index contributed by atoms with van der Waals surface area (Å²) in [6.45, 7) is 0. The highest BCUT2D eigenvalue weighted by Crippen LogP contribution is 2.38. The molecule has 1 fully saturated rings. The molecular weight excluding hydrogens is 328 g/mol. The first-order valence-electron chi connectivity index (χ1n) is 8.92. The molecule has 0 unspecified atom stereocenters. The van der Waals surface area contributed by atoms with Gasteiger partial charge in [0.1, 0.15) is 16.8 Å². The molecule has 1 N–H and O–H groups in total. The molecule has 1 saturated carbocycles. The number of hydrogen-bond donors (Lipinski definition) is 1. The molecule has 3 aliphatic rings. The number of hydrogen-bond acceptors (Lipinski definition) is 6. The first-order chi connectivity index (χ1) is 12.7. The second kappa shape index (κ2) is 5.76. The predicted molar refractivity (Wildman–Crippen MR) is 100 cm³/mol. The van der Waals surface area contributed by atoms with Crippen molar-refractivity contribution < 1.29 is 9.21 Å². The van der Waals surface area contributed by atoms with Gasteiger partial charge in [0.15, 0.2) is 5.58 Å². The van der Waals surface area contributed by atoms with Gasteiger partial charge in [0.25, 0.3) is 0 Å². The van der Waals surface area contributed by atoms with Gasteiger partial charge in [0.05, 0.1) is 5.92 Å². The van der Waals surface area contributed by atoms with E-state index in [1.807, 2.05) is 36.4 Å². The van der Waals surface area contributed by atoms with Gasteiger partial charge in [-0.25, -0.2) is 9.98 Å². The van der Waals surface area contributed by atoms with Crippen molar-refractivity contribution in [2.45, 2.75) is 31.2 Å². The Hall–Kier alpha value is -3.02. The Labute approximate surface area is 150 Å². The lowest BCUT2D eigenvalue weighted by Gasteiger charge is -2.39. The van der Waals surface area contributed by atoms with Gasteiger partial charge in [-0.1, -0.05) is 36.4 Å². The molecule has 1 aromatic heterocycles. The molecule has 1 aliphatic heterocycles. The molecule has 2 aromatic rings. The second-order valence-electron chi connectivity index (χ2n) is 6.83. The van der Waals surface area contributed by atoms with Crippen LogP contribution in [-0.4, -0.2) is 28.0 Å². The summed E-state index contributed by atoms with van der Waals surface area (Å²) in [7, 11) is 0. The molecule has 0 amide bonds. The van der Waals surface area contributed by atoms with Crippen molar-refractivity contribution in [3.63, 3.8) is 0 Å². The van der Waals surface area contributed by atoms with Gasteiger partial charge in [-0.3, -0.25) is 10.1 Å². The largest absolute Gasteiger partial charge is 0.423 e. The van der Waals surface area contributed by atoms with E-state index in [-0.39, 0.29) is 11.7 Å². The van der Waals surface area contributed by atoms with Gasteiger partial charge >= 0.3 is 6.01 Å². The number of nitrogens with one attached hydrogen (secondary N) is 1. The Bertz CT molecular complexity index is 967. The smallest absolute Gasteiger partial charge is 0.302 e. The number of carbonyl (C=O) groups excluding carboxylic acids is 1. The van der Waals surface area contributed by atoms with E-state index in [0.717, 1.165) is 30.5 Å². The molecular formula is C20H18N4O2. The summed E-state index contributed by atoms with van der Waals surface area (Å²) in [5.41, 5.74) is 1.70. The number of ketones is 1. The van der Waals surface area contributed by atoms with Crippen LogP contribution < -0.4 is 5.32 Å². The number of nitrogens with zero attached hydrogens (tertiary/aromatic N) is 3. The summed E-state index contributed by atoms with van der Waals surface area (Å²) in [5, 5.41) is 3.10. The minimum absolute atomic E-state index is 0.218. The Morgan fingerprint density at radius 2 is 2.00 bits per heavy atom. The Morgan fingerprint density at radius 1 is 1.15 bits per heavy atom. The SMILES string of the molecule is O=C1CCCC2=NC(Nc3nc4ccccc4o3)=NC3(C=CCC=C3)[C@@H]12. The summed E-state index contributed by atoms with van der Waals surface area (Å²) in [5.74, 6) is 0.364. The molecule has 2 heterocycles. The lowest BCUT2D eigenvalue weighted by molar-refractivity contribution is -0.122. The highest BCUT2D eigenvalue weighted by molar-refractivity contribution is 6.16. The number of fused-ring (bicyclic) bond motifs is 3. The zero-order chi connectivity index (χ0) is 17.6. The van der Waals surface area contributed by atoms with E-state index in [1.165, 1.54) is 0 Å².